The van der Waals surface area contributed by atoms with E-state index < -0.39 is 0 Å². The van der Waals surface area contributed by atoms with E-state index in [-0.39, 0.29) is 18.4 Å². The minimum absolute atomic E-state index is 0.106. The molecule has 6 nitrogen and oxygen atoms in total. The SMILES string of the molecule is CCOC(CN)CC(=O)Nc1cn(C)nc1C. The summed E-state index contributed by atoms with van der Waals surface area (Å²) in [6.07, 6.45) is 1.81. The first kappa shape index (κ1) is 13.7. The van der Waals surface area contributed by atoms with E-state index in [9.17, 15) is 4.79 Å². The molecule has 96 valence electrons. The average Bonchev–Trinajstić information content (AvgIpc) is 2.56. The van der Waals surface area contributed by atoms with Crippen molar-refractivity contribution in [3.05, 3.63) is 11.9 Å². The van der Waals surface area contributed by atoms with Crippen molar-refractivity contribution in [2.75, 3.05) is 18.5 Å². The molecule has 0 spiro atoms. The van der Waals surface area contributed by atoms with Crippen molar-refractivity contribution in [1.82, 2.24) is 9.78 Å². The number of hydrogen-bond donors (Lipinski definition) is 2. The van der Waals surface area contributed by atoms with Gasteiger partial charge in [-0.05, 0) is 13.8 Å². The summed E-state index contributed by atoms with van der Waals surface area (Å²) in [6.45, 7) is 4.62. The van der Waals surface area contributed by atoms with Crippen LogP contribution in [0, 0.1) is 6.92 Å². The van der Waals surface area contributed by atoms with Crippen LogP contribution in [0.2, 0.25) is 0 Å². The number of carbonyl (C=O) groups is 1. The Morgan fingerprint density at radius 3 is 2.88 bits per heavy atom. The third kappa shape index (κ3) is 4.16. The van der Waals surface area contributed by atoms with Crippen molar-refractivity contribution in [2.24, 2.45) is 12.8 Å². The molecule has 0 radical (unpaired) electrons. The van der Waals surface area contributed by atoms with Crippen molar-refractivity contribution in [2.45, 2.75) is 26.4 Å². The van der Waals surface area contributed by atoms with Gasteiger partial charge >= 0.3 is 0 Å². The second-order valence-electron chi connectivity index (χ2n) is 3.87. The Balaban J connectivity index is 2.51. The molecule has 1 aromatic rings. The highest BCUT2D eigenvalue weighted by atomic mass is 16.5. The minimum atomic E-state index is -0.225. The van der Waals surface area contributed by atoms with Gasteiger partial charge in [-0.1, -0.05) is 0 Å². The summed E-state index contributed by atoms with van der Waals surface area (Å²) in [5.74, 6) is -0.106. The van der Waals surface area contributed by atoms with Crippen LogP contribution in [0.3, 0.4) is 0 Å². The van der Waals surface area contributed by atoms with Gasteiger partial charge in [-0.25, -0.2) is 0 Å². The Hall–Kier alpha value is -1.40. The molecule has 1 unspecified atom stereocenters. The van der Waals surface area contributed by atoms with Crippen molar-refractivity contribution in [3.63, 3.8) is 0 Å². The molecule has 1 aromatic heterocycles. The Labute approximate surface area is 101 Å². The Morgan fingerprint density at radius 2 is 2.41 bits per heavy atom. The van der Waals surface area contributed by atoms with Crippen molar-refractivity contribution >= 4 is 11.6 Å². The number of nitrogens with zero attached hydrogens (tertiary/aromatic N) is 2. The highest BCUT2D eigenvalue weighted by Gasteiger charge is 2.14. The van der Waals surface area contributed by atoms with Crippen LogP contribution in [0.15, 0.2) is 6.20 Å². The topological polar surface area (TPSA) is 82.2 Å². The number of anilines is 1. The van der Waals surface area contributed by atoms with Crippen molar-refractivity contribution < 1.29 is 9.53 Å². The fourth-order valence-corrected chi connectivity index (χ4v) is 1.58. The van der Waals surface area contributed by atoms with Crippen molar-refractivity contribution in [3.8, 4) is 0 Å². The maximum absolute atomic E-state index is 11.7. The standard InChI is InChI=1S/C11H20N4O2/c1-4-17-9(6-12)5-11(16)13-10-7-15(3)14-8(10)2/h7,9H,4-6,12H2,1-3H3,(H,13,16). The molecule has 0 saturated carbocycles. The quantitative estimate of drug-likeness (QED) is 0.755. The van der Waals surface area contributed by atoms with Crippen LogP contribution in [-0.4, -0.2) is 34.9 Å². The van der Waals surface area contributed by atoms with Gasteiger partial charge in [0.15, 0.2) is 0 Å². The molecule has 0 fully saturated rings. The van der Waals surface area contributed by atoms with Crippen LogP contribution in [0.1, 0.15) is 19.0 Å². The van der Waals surface area contributed by atoms with E-state index in [0.29, 0.717) is 13.2 Å². The summed E-state index contributed by atoms with van der Waals surface area (Å²) in [6, 6.07) is 0. The lowest BCUT2D eigenvalue weighted by molar-refractivity contribution is -0.118. The normalized spacial score (nSPS) is 12.5. The first-order chi connectivity index (χ1) is 8.06. The van der Waals surface area contributed by atoms with Crippen LogP contribution >= 0.6 is 0 Å². The highest BCUT2D eigenvalue weighted by molar-refractivity contribution is 5.91. The summed E-state index contributed by atoms with van der Waals surface area (Å²) in [5.41, 5.74) is 7.03. The number of amides is 1. The summed E-state index contributed by atoms with van der Waals surface area (Å²) < 4.78 is 6.99. The van der Waals surface area contributed by atoms with Crippen LogP contribution in [0.5, 0.6) is 0 Å². The third-order valence-electron chi connectivity index (χ3n) is 2.37. The molecule has 3 N–H and O–H groups in total. The lowest BCUT2D eigenvalue weighted by atomic mass is 10.2. The third-order valence-corrected chi connectivity index (χ3v) is 2.37. The van der Waals surface area contributed by atoms with Gasteiger partial charge < -0.3 is 15.8 Å². The van der Waals surface area contributed by atoms with Gasteiger partial charge in [0.25, 0.3) is 0 Å². The first-order valence-corrected chi connectivity index (χ1v) is 5.68. The first-order valence-electron chi connectivity index (χ1n) is 5.68. The van der Waals surface area contributed by atoms with Crippen LogP contribution < -0.4 is 11.1 Å². The molecule has 0 saturated heterocycles. The van der Waals surface area contributed by atoms with E-state index in [1.165, 1.54) is 0 Å². The highest BCUT2D eigenvalue weighted by Crippen LogP contribution is 2.12. The Bertz CT molecular complexity index is 376. The number of hydrogen-bond acceptors (Lipinski definition) is 4. The molecule has 1 atom stereocenters. The molecule has 0 bridgehead atoms. The number of nitrogens with two attached hydrogens (primary N) is 1. The fourth-order valence-electron chi connectivity index (χ4n) is 1.58. The molecular formula is C11H20N4O2. The number of ether oxygens (including phenoxy) is 1. The summed E-state index contributed by atoms with van der Waals surface area (Å²) in [4.78, 5) is 11.7. The maximum atomic E-state index is 11.7. The zero-order valence-corrected chi connectivity index (χ0v) is 10.6. The monoisotopic (exact) mass is 240 g/mol. The number of aryl methyl sites for hydroxylation is 2. The Kier molecular flexibility index (Phi) is 5.11. The van der Waals surface area contributed by atoms with Gasteiger partial charge in [0.2, 0.25) is 5.91 Å². The van der Waals surface area contributed by atoms with Gasteiger partial charge in [0.05, 0.1) is 23.9 Å². The average molecular weight is 240 g/mol. The maximum Gasteiger partial charge on any atom is 0.227 e. The molecule has 0 aromatic carbocycles. The van der Waals surface area contributed by atoms with E-state index >= 15 is 0 Å². The fraction of sp³-hybridized carbons (Fsp3) is 0.636. The lowest BCUT2D eigenvalue weighted by Crippen LogP contribution is -2.29. The van der Waals surface area contributed by atoms with E-state index in [2.05, 4.69) is 10.4 Å². The molecule has 0 aliphatic heterocycles. The smallest absolute Gasteiger partial charge is 0.227 e. The zero-order valence-electron chi connectivity index (χ0n) is 10.6. The van der Waals surface area contributed by atoms with Gasteiger partial charge in [0.1, 0.15) is 0 Å². The molecule has 6 heteroatoms. The van der Waals surface area contributed by atoms with Gasteiger partial charge in [-0.3, -0.25) is 9.48 Å². The van der Waals surface area contributed by atoms with Gasteiger partial charge in [0, 0.05) is 26.4 Å². The second kappa shape index (κ2) is 6.36. The van der Waals surface area contributed by atoms with Gasteiger partial charge in [-0.15, -0.1) is 0 Å². The molecule has 1 heterocycles. The number of carbonyl (C=O) groups excluding carboxylic acids is 1. The largest absolute Gasteiger partial charge is 0.377 e. The van der Waals surface area contributed by atoms with E-state index in [0.717, 1.165) is 11.4 Å². The number of nitrogens with one attached hydrogen (secondary N) is 1. The summed E-state index contributed by atoms with van der Waals surface area (Å²) in [7, 11) is 1.81. The van der Waals surface area contributed by atoms with E-state index in [1.807, 2.05) is 20.9 Å². The van der Waals surface area contributed by atoms with Crippen LogP contribution in [-0.2, 0) is 16.6 Å². The van der Waals surface area contributed by atoms with Crippen LogP contribution in [0.25, 0.3) is 0 Å². The summed E-state index contributed by atoms with van der Waals surface area (Å²) >= 11 is 0. The van der Waals surface area contributed by atoms with E-state index in [1.54, 1.807) is 10.9 Å². The lowest BCUT2D eigenvalue weighted by Gasteiger charge is -2.14. The van der Waals surface area contributed by atoms with Gasteiger partial charge in [-0.2, -0.15) is 5.10 Å². The van der Waals surface area contributed by atoms with E-state index in [4.69, 9.17) is 10.5 Å². The Morgan fingerprint density at radius 1 is 1.71 bits per heavy atom. The van der Waals surface area contributed by atoms with Crippen molar-refractivity contribution in [1.29, 1.82) is 0 Å². The van der Waals surface area contributed by atoms with Crippen LogP contribution in [0.4, 0.5) is 5.69 Å². The number of rotatable bonds is 6. The molecule has 1 amide bonds. The predicted octanol–water partition coefficient (Wildman–Crippen LogP) is 0.421. The zero-order chi connectivity index (χ0) is 12.8. The molecule has 0 aliphatic rings. The summed E-state index contributed by atoms with van der Waals surface area (Å²) in [5, 5.41) is 6.94. The molecular weight excluding hydrogens is 220 g/mol. The minimum Gasteiger partial charge on any atom is -0.377 e. The molecule has 0 aliphatic carbocycles. The molecule has 1 rings (SSSR count). The molecule has 17 heavy (non-hydrogen) atoms. The second-order valence-corrected chi connectivity index (χ2v) is 3.87. The predicted molar refractivity (Wildman–Crippen MR) is 65.7 cm³/mol. The number of aromatic nitrogens is 2.